The first-order chi connectivity index (χ1) is 8.77. The number of aryl methyl sites for hydroxylation is 2. The van der Waals surface area contributed by atoms with Crippen molar-refractivity contribution in [2.45, 2.75) is 32.7 Å². The van der Waals surface area contributed by atoms with E-state index in [1.165, 1.54) is 29.8 Å². The SMILES string of the molecule is Cc1ccc(C)n1-c1ncccc1[C@@H]1CCCN1. The van der Waals surface area contributed by atoms with Gasteiger partial charge in [-0.3, -0.25) is 0 Å². The molecule has 0 spiro atoms. The van der Waals surface area contributed by atoms with Gasteiger partial charge in [0, 0.05) is 29.2 Å². The van der Waals surface area contributed by atoms with Crippen LogP contribution in [0.15, 0.2) is 30.5 Å². The number of rotatable bonds is 2. The first-order valence-electron chi connectivity index (χ1n) is 6.61. The van der Waals surface area contributed by atoms with Gasteiger partial charge in [0.1, 0.15) is 5.82 Å². The lowest BCUT2D eigenvalue weighted by molar-refractivity contribution is 0.637. The topological polar surface area (TPSA) is 29.9 Å². The zero-order valence-corrected chi connectivity index (χ0v) is 11.0. The molecule has 0 aromatic carbocycles. The van der Waals surface area contributed by atoms with Gasteiger partial charge in [-0.15, -0.1) is 0 Å². The zero-order chi connectivity index (χ0) is 12.5. The van der Waals surface area contributed by atoms with Crippen molar-refractivity contribution in [3.8, 4) is 5.82 Å². The minimum atomic E-state index is 0.454. The van der Waals surface area contributed by atoms with Gasteiger partial charge in [0.2, 0.25) is 0 Å². The van der Waals surface area contributed by atoms with Crippen LogP contribution in [0.3, 0.4) is 0 Å². The fraction of sp³-hybridized carbons (Fsp3) is 0.400. The molecule has 3 rings (SSSR count). The number of hydrogen-bond acceptors (Lipinski definition) is 2. The average Bonchev–Trinajstić information content (AvgIpc) is 3.00. The van der Waals surface area contributed by atoms with Gasteiger partial charge in [0.05, 0.1) is 0 Å². The predicted molar refractivity (Wildman–Crippen MR) is 73.0 cm³/mol. The first-order valence-corrected chi connectivity index (χ1v) is 6.61. The Labute approximate surface area is 108 Å². The van der Waals surface area contributed by atoms with Gasteiger partial charge in [0.15, 0.2) is 0 Å². The Bertz CT molecular complexity index is 531. The number of pyridine rings is 1. The van der Waals surface area contributed by atoms with Crippen molar-refractivity contribution in [3.05, 3.63) is 47.4 Å². The second-order valence-electron chi connectivity index (χ2n) is 5.02. The third-order valence-corrected chi connectivity index (χ3v) is 3.74. The lowest BCUT2D eigenvalue weighted by Crippen LogP contribution is -2.16. The van der Waals surface area contributed by atoms with E-state index in [4.69, 9.17) is 0 Å². The quantitative estimate of drug-likeness (QED) is 0.876. The molecular formula is C15H19N3. The first kappa shape index (κ1) is 11.5. The largest absolute Gasteiger partial charge is 0.310 e. The van der Waals surface area contributed by atoms with E-state index in [0.717, 1.165) is 12.4 Å². The lowest BCUT2D eigenvalue weighted by atomic mass is 10.1. The van der Waals surface area contributed by atoms with Gasteiger partial charge in [0.25, 0.3) is 0 Å². The number of hydrogen-bond donors (Lipinski definition) is 1. The van der Waals surface area contributed by atoms with Crippen LogP contribution in [0.2, 0.25) is 0 Å². The predicted octanol–water partition coefficient (Wildman–Crippen LogP) is 2.91. The standard InChI is InChI=1S/C15H19N3/c1-11-7-8-12(2)18(11)15-13(5-3-10-17-15)14-6-4-9-16-14/h3,5,7-8,10,14,16H,4,6,9H2,1-2H3/t14-/m0/s1. The maximum atomic E-state index is 4.61. The summed E-state index contributed by atoms with van der Waals surface area (Å²) in [6.07, 6.45) is 4.34. The molecule has 1 saturated heterocycles. The highest BCUT2D eigenvalue weighted by Crippen LogP contribution is 2.28. The van der Waals surface area contributed by atoms with Gasteiger partial charge in [-0.2, -0.15) is 0 Å². The molecule has 94 valence electrons. The summed E-state index contributed by atoms with van der Waals surface area (Å²) >= 11 is 0. The second-order valence-corrected chi connectivity index (χ2v) is 5.02. The van der Waals surface area contributed by atoms with Crippen LogP contribution in [-0.2, 0) is 0 Å². The molecule has 18 heavy (non-hydrogen) atoms. The molecule has 0 bridgehead atoms. The van der Waals surface area contributed by atoms with Crippen molar-refractivity contribution in [1.29, 1.82) is 0 Å². The van der Waals surface area contributed by atoms with Crippen molar-refractivity contribution in [2.75, 3.05) is 6.54 Å². The Kier molecular flexibility index (Phi) is 2.92. The Balaban J connectivity index is 2.12. The molecule has 0 amide bonds. The Hall–Kier alpha value is -1.61. The van der Waals surface area contributed by atoms with Crippen LogP contribution in [0.25, 0.3) is 5.82 Å². The van der Waals surface area contributed by atoms with Crippen molar-refractivity contribution in [1.82, 2.24) is 14.9 Å². The highest BCUT2D eigenvalue weighted by atomic mass is 15.1. The monoisotopic (exact) mass is 241 g/mol. The minimum absolute atomic E-state index is 0.454. The van der Waals surface area contributed by atoms with Gasteiger partial charge >= 0.3 is 0 Å². The molecule has 3 heterocycles. The fourth-order valence-electron chi connectivity index (χ4n) is 2.82. The summed E-state index contributed by atoms with van der Waals surface area (Å²) in [5.41, 5.74) is 3.80. The molecule has 0 unspecified atom stereocenters. The lowest BCUT2D eigenvalue weighted by Gasteiger charge is -2.17. The number of nitrogens with zero attached hydrogens (tertiary/aromatic N) is 2. The molecule has 0 saturated carbocycles. The van der Waals surface area contributed by atoms with Crippen LogP contribution in [-0.4, -0.2) is 16.1 Å². The van der Waals surface area contributed by atoms with Crippen molar-refractivity contribution < 1.29 is 0 Å². The van der Waals surface area contributed by atoms with Crippen molar-refractivity contribution in [3.63, 3.8) is 0 Å². The Morgan fingerprint density at radius 2 is 2.00 bits per heavy atom. The summed E-state index contributed by atoms with van der Waals surface area (Å²) < 4.78 is 2.25. The highest BCUT2D eigenvalue weighted by Gasteiger charge is 2.21. The van der Waals surface area contributed by atoms with Crippen LogP contribution < -0.4 is 5.32 Å². The summed E-state index contributed by atoms with van der Waals surface area (Å²) in [7, 11) is 0. The Morgan fingerprint density at radius 3 is 2.67 bits per heavy atom. The van der Waals surface area contributed by atoms with E-state index in [0.29, 0.717) is 6.04 Å². The van der Waals surface area contributed by atoms with E-state index in [-0.39, 0.29) is 0 Å². The maximum Gasteiger partial charge on any atom is 0.141 e. The Morgan fingerprint density at radius 1 is 1.22 bits per heavy atom. The molecule has 1 fully saturated rings. The normalized spacial score (nSPS) is 19.3. The molecule has 1 aliphatic heterocycles. The minimum Gasteiger partial charge on any atom is -0.310 e. The zero-order valence-electron chi connectivity index (χ0n) is 11.0. The van der Waals surface area contributed by atoms with E-state index in [1.807, 2.05) is 12.3 Å². The summed E-state index contributed by atoms with van der Waals surface area (Å²) in [6, 6.07) is 8.98. The van der Waals surface area contributed by atoms with E-state index >= 15 is 0 Å². The summed E-state index contributed by atoms with van der Waals surface area (Å²) in [5, 5.41) is 3.56. The molecule has 3 heteroatoms. The third kappa shape index (κ3) is 1.85. The molecule has 1 N–H and O–H groups in total. The molecule has 0 radical (unpaired) electrons. The van der Waals surface area contributed by atoms with Gasteiger partial charge < -0.3 is 9.88 Å². The van der Waals surface area contributed by atoms with Gasteiger partial charge in [-0.25, -0.2) is 4.98 Å². The molecule has 3 nitrogen and oxygen atoms in total. The summed E-state index contributed by atoms with van der Waals surface area (Å²) in [5.74, 6) is 1.08. The van der Waals surface area contributed by atoms with Crippen LogP contribution in [0, 0.1) is 13.8 Å². The maximum absolute atomic E-state index is 4.61. The number of nitrogens with one attached hydrogen (secondary N) is 1. The molecule has 2 aromatic rings. The van der Waals surface area contributed by atoms with Crippen molar-refractivity contribution >= 4 is 0 Å². The fourth-order valence-corrected chi connectivity index (χ4v) is 2.82. The van der Waals surface area contributed by atoms with Crippen LogP contribution in [0.4, 0.5) is 0 Å². The smallest absolute Gasteiger partial charge is 0.141 e. The van der Waals surface area contributed by atoms with Crippen LogP contribution >= 0.6 is 0 Å². The highest BCUT2D eigenvalue weighted by molar-refractivity contribution is 5.40. The van der Waals surface area contributed by atoms with E-state index in [9.17, 15) is 0 Å². The van der Waals surface area contributed by atoms with E-state index < -0.39 is 0 Å². The summed E-state index contributed by atoms with van der Waals surface area (Å²) in [6.45, 7) is 5.38. The average molecular weight is 241 g/mol. The van der Waals surface area contributed by atoms with Crippen LogP contribution in [0.1, 0.15) is 35.8 Å². The molecule has 1 atom stereocenters. The number of aromatic nitrogens is 2. The van der Waals surface area contributed by atoms with E-state index in [2.05, 4.69) is 46.9 Å². The molecule has 0 aliphatic carbocycles. The molecule has 2 aromatic heterocycles. The summed E-state index contributed by atoms with van der Waals surface area (Å²) in [4.78, 5) is 4.61. The van der Waals surface area contributed by atoms with Gasteiger partial charge in [-0.1, -0.05) is 6.07 Å². The molecular weight excluding hydrogens is 222 g/mol. The molecule has 1 aliphatic rings. The third-order valence-electron chi connectivity index (χ3n) is 3.74. The van der Waals surface area contributed by atoms with Gasteiger partial charge in [-0.05, 0) is 51.4 Å². The van der Waals surface area contributed by atoms with Crippen LogP contribution in [0.5, 0.6) is 0 Å². The van der Waals surface area contributed by atoms with Crippen molar-refractivity contribution in [2.24, 2.45) is 0 Å². The van der Waals surface area contributed by atoms with E-state index in [1.54, 1.807) is 0 Å². The second kappa shape index (κ2) is 4.58.